The Morgan fingerprint density at radius 3 is 2.94 bits per heavy atom. The minimum Gasteiger partial charge on any atom is -0.389 e. The van der Waals surface area contributed by atoms with Crippen LogP contribution in [0.5, 0.6) is 0 Å². The van der Waals surface area contributed by atoms with Gasteiger partial charge in [0.1, 0.15) is 4.99 Å². The SMILES string of the molecule is Cc1ccc(C(N)=S)c(N2CCCOCC2)c1. The summed E-state index contributed by atoms with van der Waals surface area (Å²) in [6.45, 7) is 5.59. The molecule has 4 heteroatoms. The van der Waals surface area contributed by atoms with Gasteiger partial charge in [0.15, 0.2) is 0 Å². The van der Waals surface area contributed by atoms with Gasteiger partial charge in [-0.15, -0.1) is 0 Å². The number of aryl methyl sites for hydroxylation is 1. The standard InChI is InChI=1S/C13H18N2OS/c1-10-3-4-11(13(14)17)12(9-10)15-5-2-7-16-8-6-15/h3-4,9H,2,5-8H2,1H3,(H2,14,17). The van der Waals surface area contributed by atoms with Gasteiger partial charge < -0.3 is 15.4 Å². The van der Waals surface area contributed by atoms with Gasteiger partial charge in [0.05, 0.1) is 6.61 Å². The van der Waals surface area contributed by atoms with Gasteiger partial charge in [-0.05, 0) is 31.0 Å². The smallest absolute Gasteiger partial charge is 0.106 e. The number of rotatable bonds is 2. The van der Waals surface area contributed by atoms with E-state index in [1.807, 2.05) is 12.1 Å². The highest BCUT2D eigenvalue weighted by Crippen LogP contribution is 2.23. The minimum absolute atomic E-state index is 0.463. The molecule has 2 N–H and O–H groups in total. The normalized spacial score (nSPS) is 16.6. The molecule has 1 fully saturated rings. The highest BCUT2D eigenvalue weighted by molar-refractivity contribution is 7.80. The zero-order valence-corrected chi connectivity index (χ0v) is 10.9. The van der Waals surface area contributed by atoms with Crippen molar-refractivity contribution in [2.45, 2.75) is 13.3 Å². The van der Waals surface area contributed by atoms with Crippen molar-refractivity contribution >= 4 is 22.9 Å². The lowest BCUT2D eigenvalue weighted by Gasteiger charge is -2.25. The van der Waals surface area contributed by atoms with Crippen LogP contribution >= 0.6 is 12.2 Å². The Labute approximate surface area is 108 Å². The van der Waals surface area contributed by atoms with Crippen LogP contribution < -0.4 is 10.6 Å². The average molecular weight is 250 g/mol. The number of hydrogen-bond acceptors (Lipinski definition) is 3. The van der Waals surface area contributed by atoms with Crippen LogP contribution in [0.2, 0.25) is 0 Å². The van der Waals surface area contributed by atoms with Gasteiger partial charge in [-0.3, -0.25) is 0 Å². The number of nitrogens with two attached hydrogens (primary N) is 1. The van der Waals surface area contributed by atoms with Crippen LogP contribution in [-0.4, -0.2) is 31.3 Å². The summed E-state index contributed by atoms with van der Waals surface area (Å²) in [5.41, 5.74) is 9.12. The van der Waals surface area contributed by atoms with Gasteiger partial charge in [0.2, 0.25) is 0 Å². The molecular weight excluding hydrogens is 232 g/mol. The number of nitrogens with zero attached hydrogens (tertiary/aromatic N) is 1. The average Bonchev–Trinajstić information content (AvgIpc) is 2.56. The Kier molecular flexibility index (Phi) is 3.97. The van der Waals surface area contributed by atoms with Crippen LogP contribution in [0.4, 0.5) is 5.69 Å². The summed E-state index contributed by atoms with van der Waals surface area (Å²) in [4.78, 5) is 2.78. The van der Waals surface area contributed by atoms with Crippen LogP contribution in [0.25, 0.3) is 0 Å². The number of hydrogen-bond donors (Lipinski definition) is 1. The second kappa shape index (κ2) is 5.47. The van der Waals surface area contributed by atoms with E-state index < -0.39 is 0 Å². The molecule has 0 saturated carbocycles. The van der Waals surface area contributed by atoms with Crippen molar-refractivity contribution in [2.24, 2.45) is 5.73 Å². The predicted molar refractivity (Wildman–Crippen MR) is 74.7 cm³/mol. The zero-order valence-electron chi connectivity index (χ0n) is 10.1. The second-order valence-electron chi connectivity index (χ2n) is 4.34. The molecule has 0 spiro atoms. The molecule has 0 amide bonds. The van der Waals surface area contributed by atoms with E-state index in [2.05, 4.69) is 17.9 Å². The van der Waals surface area contributed by atoms with Crippen LogP contribution in [0, 0.1) is 6.92 Å². The molecule has 1 aliphatic heterocycles. The molecular formula is C13H18N2OS. The Hall–Kier alpha value is -1.13. The minimum atomic E-state index is 0.463. The van der Waals surface area contributed by atoms with E-state index in [1.54, 1.807) is 0 Å². The fourth-order valence-corrected chi connectivity index (χ4v) is 2.27. The monoisotopic (exact) mass is 250 g/mol. The molecule has 2 rings (SSSR count). The quantitative estimate of drug-likeness (QED) is 0.813. The molecule has 1 aliphatic rings. The Balaban J connectivity index is 2.34. The lowest BCUT2D eigenvalue weighted by molar-refractivity contribution is 0.152. The third-order valence-corrected chi connectivity index (χ3v) is 3.20. The predicted octanol–water partition coefficient (Wildman–Crippen LogP) is 1.86. The van der Waals surface area contributed by atoms with E-state index >= 15 is 0 Å². The molecule has 0 atom stereocenters. The summed E-state index contributed by atoms with van der Waals surface area (Å²) in [5.74, 6) is 0. The first-order valence-electron chi connectivity index (χ1n) is 5.91. The molecule has 1 aromatic carbocycles. The second-order valence-corrected chi connectivity index (χ2v) is 4.78. The van der Waals surface area contributed by atoms with Crippen molar-refractivity contribution in [3.8, 4) is 0 Å². The van der Waals surface area contributed by atoms with Gasteiger partial charge >= 0.3 is 0 Å². The molecule has 1 aromatic rings. The lowest BCUT2D eigenvalue weighted by atomic mass is 10.1. The van der Waals surface area contributed by atoms with Gasteiger partial charge in [-0.2, -0.15) is 0 Å². The van der Waals surface area contributed by atoms with Crippen molar-refractivity contribution in [2.75, 3.05) is 31.2 Å². The molecule has 0 aliphatic carbocycles. The summed E-state index contributed by atoms with van der Waals surface area (Å²) in [7, 11) is 0. The maximum absolute atomic E-state index is 5.78. The number of anilines is 1. The molecule has 92 valence electrons. The van der Waals surface area contributed by atoms with Crippen LogP contribution in [0.3, 0.4) is 0 Å². The van der Waals surface area contributed by atoms with E-state index in [-0.39, 0.29) is 0 Å². The van der Waals surface area contributed by atoms with Crippen LogP contribution in [-0.2, 0) is 4.74 Å². The van der Waals surface area contributed by atoms with E-state index in [9.17, 15) is 0 Å². The Bertz CT molecular complexity index is 412. The molecule has 1 saturated heterocycles. The fraction of sp³-hybridized carbons (Fsp3) is 0.462. The molecule has 0 aromatic heterocycles. The lowest BCUT2D eigenvalue weighted by Crippen LogP contribution is -2.28. The van der Waals surface area contributed by atoms with Gasteiger partial charge in [-0.25, -0.2) is 0 Å². The Morgan fingerprint density at radius 1 is 1.35 bits per heavy atom. The highest BCUT2D eigenvalue weighted by atomic mass is 32.1. The largest absolute Gasteiger partial charge is 0.389 e. The van der Waals surface area contributed by atoms with Crippen molar-refractivity contribution in [1.82, 2.24) is 0 Å². The maximum atomic E-state index is 5.78. The summed E-state index contributed by atoms with van der Waals surface area (Å²) in [5, 5.41) is 0. The molecule has 0 bridgehead atoms. The number of thiocarbonyl (C=S) groups is 1. The van der Waals surface area contributed by atoms with Gasteiger partial charge in [0.25, 0.3) is 0 Å². The molecule has 1 heterocycles. The van der Waals surface area contributed by atoms with Crippen molar-refractivity contribution < 1.29 is 4.74 Å². The van der Waals surface area contributed by atoms with E-state index in [0.717, 1.165) is 44.0 Å². The molecule has 0 radical (unpaired) electrons. The van der Waals surface area contributed by atoms with Crippen molar-refractivity contribution in [3.63, 3.8) is 0 Å². The summed E-state index contributed by atoms with van der Waals surface area (Å²) >= 11 is 5.12. The van der Waals surface area contributed by atoms with Gasteiger partial charge in [0, 0.05) is 30.9 Å². The first-order valence-corrected chi connectivity index (χ1v) is 6.32. The zero-order chi connectivity index (χ0) is 12.3. The summed E-state index contributed by atoms with van der Waals surface area (Å²) in [6.07, 6.45) is 1.05. The van der Waals surface area contributed by atoms with E-state index in [0.29, 0.717) is 4.99 Å². The molecule has 17 heavy (non-hydrogen) atoms. The van der Waals surface area contributed by atoms with E-state index in [1.165, 1.54) is 5.56 Å². The first-order chi connectivity index (χ1) is 8.18. The molecule has 0 unspecified atom stereocenters. The van der Waals surface area contributed by atoms with Crippen molar-refractivity contribution in [3.05, 3.63) is 29.3 Å². The number of benzene rings is 1. The van der Waals surface area contributed by atoms with E-state index in [4.69, 9.17) is 22.7 Å². The third-order valence-electron chi connectivity index (χ3n) is 2.98. The number of ether oxygens (including phenoxy) is 1. The fourth-order valence-electron chi connectivity index (χ4n) is 2.10. The summed E-state index contributed by atoms with van der Waals surface area (Å²) < 4.78 is 5.47. The van der Waals surface area contributed by atoms with Crippen LogP contribution in [0.15, 0.2) is 18.2 Å². The summed E-state index contributed by atoms with van der Waals surface area (Å²) in [6, 6.07) is 6.21. The van der Waals surface area contributed by atoms with Crippen molar-refractivity contribution in [1.29, 1.82) is 0 Å². The highest BCUT2D eigenvalue weighted by Gasteiger charge is 2.15. The topological polar surface area (TPSA) is 38.5 Å². The third kappa shape index (κ3) is 2.96. The Morgan fingerprint density at radius 2 is 2.18 bits per heavy atom. The van der Waals surface area contributed by atoms with Gasteiger partial charge in [-0.1, -0.05) is 18.3 Å². The molecule has 3 nitrogen and oxygen atoms in total. The maximum Gasteiger partial charge on any atom is 0.106 e. The first kappa shape index (κ1) is 12.3. The van der Waals surface area contributed by atoms with Crippen LogP contribution in [0.1, 0.15) is 17.5 Å².